The lowest BCUT2D eigenvalue weighted by Gasteiger charge is -2.28. The van der Waals surface area contributed by atoms with Crippen LogP contribution < -0.4 is 5.32 Å². The van der Waals surface area contributed by atoms with Crippen molar-refractivity contribution in [1.82, 2.24) is 10.2 Å². The normalized spacial score (nSPS) is 16.0. The number of likely N-dealkylation sites (tertiary alicyclic amines) is 1. The molecule has 5 heteroatoms. The van der Waals surface area contributed by atoms with Gasteiger partial charge in [-0.3, -0.25) is 9.69 Å². The van der Waals surface area contributed by atoms with Crippen LogP contribution in [0, 0.1) is 12.7 Å². The summed E-state index contributed by atoms with van der Waals surface area (Å²) in [4.78, 5) is 14.8. The monoisotopic (exact) mass is 404 g/mol. The Morgan fingerprint density at radius 1 is 1.20 bits per heavy atom. The molecule has 1 aliphatic rings. The van der Waals surface area contributed by atoms with Crippen LogP contribution in [0.5, 0.6) is 0 Å². The highest BCUT2D eigenvalue weighted by Gasteiger charge is 2.24. The molecule has 3 rings (SSSR count). The average Bonchev–Trinajstić information content (AvgIpc) is 3.13. The molecule has 1 heterocycles. The van der Waals surface area contributed by atoms with E-state index >= 15 is 0 Å². The Bertz CT molecular complexity index is 742. The average molecular weight is 405 g/mol. The van der Waals surface area contributed by atoms with Gasteiger partial charge in [0.2, 0.25) is 0 Å². The second kappa shape index (κ2) is 8.11. The fourth-order valence-corrected chi connectivity index (χ4v) is 3.62. The van der Waals surface area contributed by atoms with E-state index in [0.29, 0.717) is 11.0 Å². The van der Waals surface area contributed by atoms with Crippen LogP contribution in [0.3, 0.4) is 0 Å². The summed E-state index contributed by atoms with van der Waals surface area (Å²) >= 11 is 3.29. The Balaban J connectivity index is 1.75. The maximum Gasteiger partial charge on any atom is 0.254 e. The molecule has 25 heavy (non-hydrogen) atoms. The molecule has 3 nitrogen and oxygen atoms in total. The van der Waals surface area contributed by atoms with Crippen LogP contribution in [0.25, 0.3) is 0 Å². The summed E-state index contributed by atoms with van der Waals surface area (Å²) in [6.07, 6.45) is 2.35. The second-order valence-corrected chi connectivity index (χ2v) is 7.42. The highest BCUT2D eigenvalue weighted by molar-refractivity contribution is 9.10. The van der Waals surface area contributed by atoms with Gasteiger partial charge in [0.1, 0.15) is 5.82 Å². The molecule has 1 aliphatic heterocycles. The van der Waals surface area contributed by atoms with E-state index in [1.165, 1.54) is 36.1 Å². The molecule has 1 unspecified atom stereocenters. The van der Waals surface area contributed by atoms with Crippen LogP contribution >= 0.6 is 15.9 Å². The van der Waals surface area contributed by atoms with Crippen molar-refractivity contribution in [3.63, 3.8) is 0 Å². The standard InChI is InChI=1S/C20H22BrFN2O/c1-14-4-6-15(7-5-14)19(24-10-2-3-11-24)13-23-20(25)17-12-16(21)8-9-18(17)22/h4-9,12,19H,2-3,10-11,13H2,1H3,(H,23,25). The van der Waals surface area contributed by atoms with E-state index < -0.39 is 5.82 Å². The third-order valence-electron chi connectivity index (χ3n) is 4.67. The lowest BCUT2D eigenvalue weighted by Crippen LogP contribution is -2.37. The van der Waals surface area contributed by atoms with Crippen molar-refractivity contribution in [3.05, 3.63) is 69.4 Å². The largest absolute Gasteiger partial charge is 0.350 e. The van der Waals surface area contributed by atoms with Gasteiger partial charge in [0.25, 0.3) is 5.91 Å². The van der Waals surface area contributed by atoms with Crippen LogP contribution in [0.15, 0.2) is 46.9 Å². The molecular weight excluding hydrogens is 383 g/mol. The summed E-state index contributed by atoms with van der Waals surface area (Å²) in [6.45, 7) is 4.58. The molecule has 132 valence electrons. The molecule has 0 bridgehead atoms. The fourth-order valence-electron chi connectivity index (χ4n) is 3.26. The van der Waals surface area contributed by atoms with Crippen molar-refractivity contribution >= 4 is 21.8 Å². The summed E-state index contributed by atoms with van der Waals surface area (Å²) in [7, 11) is 0. The van der Waals surface area contributed by atoms with Crippen molar-refractivity contribution in [3.8, 4) is 0 Å². The minimum Gasteiger partial charge on any atom is -0.350 e. The van der Waals surface area contributed by atoms with E-state index in [9.17, 15) is 9.18 Å². The maximum atomic E-state index is 13.9. The molecule has 0 radical (unpaired) electrons. The number of halogens is 2. The van der Waals surface area contributed by atoms with Crippen LogP contribution in [-0.2, 0) is 0 Å². The molecule has 1 saturated heterocycles. The number of nitrogens with zero attached hydrogens (tertiary/aromatic N) is 1. The zero-order valence-electron chi connectivity index (χ0n) is 14.3. The number of hydrogen-bond acceptors (Lipinski definition) is 2. The summed E-state index contributed by atoms with van der Waals surface area (Å²) in [5.41, 5.74) is 2.46. The summed E-state index contributed by atoms with van der Waals surface area (Å²) in [5, 5.41) is 2.92. The van der Waals surface area contributed by atoms with E-state index in [0.717, 1.165) is 13.1 Å². The molecule has 0 spiro atoms. The van der Waals surface area contributed by atoms with Gasteiger partial charge in [0, 0.05) is 11.0 Å². The lowest BCUT2D eigenvalue weighted by atomic mass is 10.0. The number of aryl methyl sites for hydroxylation is 1. The topological polar surface area (TPSA) is 32.3 Å². The first-order valence-corrected chi connectivity index (χ1v) is 9.38. The first-order valence-electron chi connectivity index (χ1n) is 8.58. The first kappa shape index (κ1) is 18.1. The van der Waals surface area contributed by atoms with Crippen LogP contribution in [0.2, 0.25) is 0 Å². The van der Waals surface area contributed by atoms with Gasteiger partial charge in [-0.2, -0.15) is 0 Å². The Kier molecular flexibility index (Phi) is 5.86. The van der Waals surface area contributed by atoms with Gasteiger partial charge in [-0.25, -0.2) is 4.39 Å². The molecule has 2 aromatic carbocycles. The lowest BCUT2D eigenvalue weighted by molar-refractivity contribution is 0.0934. The molecule has 0 saturated carbocycles. The molecule has 0 aliphatic carbocycles. The summed E-state index contributed by atoms with van der Waals surface area (Å²) < 4.78 is 14.6. The van der Waals surface area contributed by atoms with Gasteiger partial charge in [-0.1, -0.05) is 45.8 Å². The predicted octanol–water partition coefficient (Wildman–Crippen LogP) is 4.46. The number of carbonyl (C=O) groups excluding carboxylic acids is 1. The van der Waals surface area contributed by atoms with Gasteiger partial charge in [0.05, 0.1) is 11.6 Å². The Morgan fingerprint density at radius 3 is 2.56 bits per heavy atom. The zero-order valence-corrected chi connectivity index (χ0v) is 15.9. The highest BCUT2D eigenvalue weighted by atomic mass is 79.9. The number of benzene rings is 2. The van der Waals surface area contributed by atoms with Crippen molar-refractivity contribution < 1.29 is 9.18 Å². The number of rotatable bonds is 5. The number of carbonyl (C=O) groups is 1. The molecule has 2 aromatic rings. The first-order chi connectivity index (χ1) is 12.0. The SMILES string of the molecule is Cc1ccc(C(CNC(=O)c2cc(Br)ccc2F)N2CCCC2)cc1. The molecule has 0 aromatic heterocycles. The Labute approximate surface area is 156 Å². The van der Waals surface area contributed by atoms with E-state index in [2.05, 4.69) is 57.3 Å². The molecular formula is C20H22BrFN2O. The van der Waals surface area contributed by atoms with E-state index in [4.69, 9.17) is 0 Å². The van der Waals surface area contributed by atoms with E-state index in [1.54, 1.807) is 6.07 Å². The maximum absolute atomic E-state index is 13.9. The zero-order chi connectivity index (χ0) is 17.8. The third kappa shape index (κ3) is 4.47. The van der Waals surface area contributed by atoms with E-state index in [-0.39, 0.29) is 17.5 Å². The van der Waals surface area contributed by atoms with Crippen LogP contribution in [0.1, 0.15) is 40.4 Å². The predicted molar refractivity (Wildman–Crippen MR) is 101 cm³/mol. The minimum absolute atomic E-state index is 0.0680. The smallest absolute Gasteiger partial charge is 0.254 e. The quantitative estimate of drug-likeness (QED) is 0.797. The fraction of sp³-hybridized carbons (Fsp3) is 0.350. The number of hydrogen-bond donors (Lipinski definition) is 1. The molecule has 1 amide bonds. The molecule has 1 N–H and O–H groups in total. The van der Waals surface area contributed by atoms with Crippen molar-refractivity contribution in [1.29, 1.82) is 0 Å². The molecule has 1 atom stereocenters. The highest BCUT2D eigenvalue weighted by Crippen LogP contribution is 2.25. The Hall–Kier alpha value is -1.72. The van der Waals surface area contributed by atoms with Crippen molar-refractivity contribution in [2.45, 2.75) is 25.8 Å². The van der Waals surface area contributed by atoms with Crippen molar-refractivity contribution in [2.75, 3.05) is 19.6 Å². The van der Waals surface area contributed by atoms with Crippen LogP contribution in [-0.4, -0.2) is 30.4 Å². The van der Waals surface area contributed by atoms with E-state index in [1.807, 2.05) is 0 Å². The van der Waals surface area contributed by atoms with Crippen LogP contribution in [0.4, 0.5) is 4.39 Å². The van der Waals surface area contributed by atoms with Gasteiger partial charge >= 0.3 is 0 Å². The van der Waals surface area contributed by atoms with Gasteiger partial charge in [-0.05, 0) is 56.6 Å². The second-order valence-electron chi connectivity index (χ2n) is 6.50. The van der Waals surface area contributed by atoms with Gasteiger partial charge in [0.15, 0.2) is 0 Å². The third-order valence-corrected chi connectivity index (χ3v) is 5.17. The molecule has 1 fully saturated rings. The Morgan fingerprint density at radius 2 is 1.88 bits per heavy atom. The minimum atomic E-state index is -0.506. The summed E-state index contributed by atoms with van der Waals surface area (Å²) in [5.74, 6) is -0.885. The number of amides is 1. The summed E-state index contributed by atoms with van der Waals surface area (Å²) in [6, 6.07) is 12.9. The number of nitrogens with one attached hydrogen (secondary N) is 1. The van der Waals surface area contributed by atoms with Gasteiger partial charge < -0.3 is 5.32 Å². The van der Waals surface area contributed by atoms with Crippen molar-refractivity contribution in [2.24, 2.45) is 0 Å². The van der Waals surface area contributed by atoms with Gasteiger partial charge in [-0.15, -0.1) is 0 Å².